The van der Waals surface area contributed by atoms with E-state index in [9.17, 15) is 13.2 Å². The highest BCUT2D eigenvalue weighted by molar-refractivity contribution is 7.97. The van der Waals surface area contributed by atoms with Crippen molar-refractivity contribution in [1.82, 2.24) is 9.78 Å². The van der Waals surface area contributed by atoms with Gasteiger partial charge in [0.1, 0.15) is 5.75 Å². The number of primary amides is 1. The number of ether oxygens (including phenoxy) is 1. The van der Waals surface area contributed by atoms with Crippen molar-refractivity contribution >= 4 is 33.6 Å². The van der Waals surface area contributed by atoms with Gasteiger partial charge in [-0.2, -0.15) is 5.10 Å². The summed E-state index contributed by atoms with van der Waals surface area (Å²) in [6.07, 6.45) is 1.26. The lowest BCUT2D eigenvalue weighted by atomic mass is 9.88. The molecule has 0 aliphatic heterocycles. The molecule has 1 aromatic heterocycles. The number of carbonyl (C=O) groups excluding carboxylic acids is 1. The van der Waals surface area contributed by atoms with Gasteiger partial charge in [0.25, 0.3) is 15.9 Å². The Labute approximate surface area is 212 Å². The lowest BCUT2D eigenvalue weighted by molar-refractivity contribution is 0.0994. The Kier molecular flexibility index (Phi) is 6.20. The van der Waals surface area contributed by atoms with Crippen molar-refractivity contribution in [3.8, 4) is 22.7 Å². The van der Waals surface area contributed by atoms with Crippen LogP contribution in [-0.4, -0.2) is 31.2 Å². The maximum Gasteiger partial charge on any atom is 0.269 e. The van der Waals surface area contributed by atoms with Crippen LogP contribution in [0, 0.1) is 0 Å². The third kappa shape index (κ3) is 4.32. The molecule has 11 heteroatoms. The lowest BCUT2D eigenvalue weighted by Gasteiger charge is -2.20. The number of carbonyl (C=O) groups is 1. The Hall–Kier alpha value is -3.80. The minimum atomic E-state index is -3.84. The number of fused-ring (bicyclic) bond motifs is 3. The highest BCUT2D eigenvalue weighted by atomic mass is 32.2. The molecule has 1 aliphatic rings. The minimum Gasteiger partial charge on any atom is -0.497 e. The van der Waals surface area contributed by atoms with Crippen molar-refractivity contribution < 1.29 is 17.9 Å². The summed E-state index contributed by atoms with van der Waals surface area (Å²) in [5.41, 5.74) is 10.2. The van der Waals surface area contributed by atoms with Crippen LogP contribution in [0.25, 0.3) is 16.9 Å². The van der Waals surface area contributed by atoms with Crippen LogP contribution in [0.2, 0.25) is 0 Å². The Balaban J connectivity index is 1.59. The van der Waals surface area contributed by atoms with Gasteiger partial charge in [-0.05, 0) is 91.0 Å². The van der Waals surface area contributed by atoms with Gasteiger partial charge in [0.15, 0.2) is 5.69 Å². The molecule has 9 nitrogen and oxygen atoms in total. The third-order valence-corrected chi connectivity index (χ3v) is 8.01. The summed E-state index contributed by atoms with van der Waals surface area (Å²) in [4.78, 5) is 13.2. The topological polar surface area (TPSA) is 142 Å². The second-order valence-electron chi connectivity index (χ2n) is 8.22. The number of amides is 1. The summed E-state index contributed by atoms with van der Waals surface area (Å²) in [5.74, 6) is -0.0502. The normalized spacial score (nSPS) is 12.5. The number of anilines is 1. The first-order valence-electron chi connectivity index (χ1n) is 11.0. The summed E-state index contributed by atoms with van der Waals surface area (Å²) in [7, 11) is -2.32. The molecule has 4 aromatic rings. The van der Waals surface area contributed by atoms with Gasteiger partial charge in [0, 0.05) is 21.7 Å². The summed E-state index contributed by atoms with van der Waals surface area (Å²) in [6.45, 7) is 0. The molecule has 5 rings (SSSR count). The molecule has 0 spiro atoms. The highest BCUT2D eigenvalue weighted by Gasteiger charge is 2.28. The Morgan fingerprint density at radius 1 is 1.06 bits per heavy atom. The molecule has 3 aromatic carbocycles. The van der Waals surface area contributed by atoms with E-state index in [1.165, 1.54) is 19.2 Å². The van der Waals surface area contributed by atoms with Gasteiger partial charge in [-0.3, -0.25) is 14.7 Å². The SMILES string of the molecule is COc1ccc(S(=O)(=O)Nc2ccc3c(c2)-c2c(c(C(N)=O)nn2-c2ccc(SN)cc2)CC3)cc1. The summed E-state index contributed by atoms with van der Waals surface area (Å²) >= 11 is 1.13. The zero-order valence-electron chi connectivity index (χ0n) is 19.3. The van der Waals surface area contributed by atoms with E-state index in [0.717, 1.165) is 39.2 Å². The number of hydrogen-bond acceptors (Lipinski definition) is 7. The minimum absolute atomic E-state index is 0.112. The van der Waals surface area contributed by atoms with Crippen molar-refractivity contribution in [3.05, 3.63) is 83.6 Å². The van der Waals surface area contributed by atoms with Gasteiger partial charge in [-0.15, -0.1) is 0 Å². The quantitative estimate of drug-likeness (QED) is 0.316. The number of sulfonamides is 1. The molecular weight excluding hydrogens is 498 g/mol. The van der Waals surface area contributed by atoms with Crippen LogP contribution in [0.1, 0.15) is 21.6 Å². The molecule has 36 heavy (non-hydrogen) atoms. The molecule has 0 radical (unpaired) electrons. The molecule has 5 N–H and O–H groups in total. The van der Waals surface area contributed by atoms with Crippen molar-refractivity contribution in [3.63, 3.8) is 0 Å². The van der Waals surface area contributed by atoms with Gasteiger partial charge >= 0.3 is 0 Å². The van der Waals surface area contributed by atoms with E-state index < -0.39 is 15.9 Å². The van der Waals surface area contributed by atoms with Crippen molar-refractivity contribution in [2.45, 2.75) is 22.6 Å². The second kappa shape index (κ2) is 9.34. The lowest BCUT2D eigenvalue weighted by Crippen LogP contribution is -2.16. The van der Waals surface area contributed by atoms with Gasteiger partial charge < -0.3 is 10.5 Å². The molecule has 1 heterocycles. The molecule has 184 valence electrons. The van der Waals surface area contributed by atoms with Crippen molar-refractivity contribution in [1.29, 1.82) is 0 Å². The monoisotopic (exact) mass is 521 g/mol. The molecule has 0 fully saturated rings. The van der Waals surface area contributed by atoms with Crippen LogP contribution in [0.15, 0.2) is 76.5 Å². The summed E-state index contributed by atoms with van der Waals surface area (Å²) in [5, 5.41) is 10.2. The van der Waals surface area contributed by atoms with E-state index in [0.29, 0.717) is 30.0 Å². The van der Waals surface area contributed by atoms with E-state index in [1.807, 2.05) is 30.3 Å². The fourth-order valence-electron chi connectivity index (χ4n) is 4.32. The second-order valence-corrected chi connectivity index (χ2v) is 10.6. The van der Waals surface area contributed by atoms with E-state index >= 15 is 0 Å². The van der Waals surface area contributed by atoms with Crippen molar-refractivity contribution in [2.75, 3.05) is 11.8 Å². The molecule has 0 unspecified atom stereocenters. The van der Waals surface area contributed by atoms with E-state index in [-0.39, 0.29) is 10.6 Å². The van der Waals surface area contributed by atoms with Gasteiger partial charge in [0.2, 0.25) is 0 Å². The highest BCUT2D eigenvalue weighted by Crippen LogP contribution is 2.39. The fourth-order valence-corrected chi connectivity index (χ4v) is 5.66. The number of benzene rings is 3. The molecule has 1 aliphatic carbocycles. The largest absolute Gasteiger partial charge is 0.497 e. The number of methoxy groups -OCH3 is 1. The number of rotatable bonds is 7. The number of nitrogens with two attached hydrogens (primary N) is 2. The zero-order chi connectivity index (χ0) is 25.4. The molecule has 0 bridgehead atoms. The molecule has 1 amide bonds. The van der Waals surface area contributed by atoms with Gasteiger partial charge in [-0.1, -0.05) is 6.07 Å². The zero-order valence-corrected chi connectivity index (χ0v) is 20.9. The first-order chi connectivity index (χ1) is 17.3. The Morgan fingerprint density at radius 3 is 2.42 bits per heavy atom. The first-order valence-corrected chi connectivity index (χ1v) is 13.4. The standard InChI is InChI=1S/C25H23N5O4S2/c1-34-18-7-11-20(12-8-18)36(32,33)29-16-4-2-15-3-13-21-23(25(26)31)28-30(24(21)22(15)14-16)17-5-9-19(35-27)10-6-17/h2,4-12,14,29H,3,13,27H2,1H3,(H2,26,31). The number of nitrogens with zero attached hydrogens (tertiary/aromatic N) is 2. The average molecular weight is 522 g/mol. The molecule has 0 saturated heterocycles. The maximum atomic E-state index is 13.0. The number of aryl methyl sites for hydroxylation is 1. The molecule has 0 saturated carbocycles. The maximum absolute atomic E-state index is 13.0. The van der Waals surface area contributed by atoms with Gasteiger partial charge in [0.05, 0.1) is 23.4 Å². The average Bonchev–Trinajstić information content (AvgIpc) is 3.29. The smallest absolute Gasteiger partial charge is 0.269 e. The molecular formula is C25H23N5O4S2. The third-order valence-electron chi connectivity index (χ3n) is 6.07. The van der Waals surface area contributed by atoms with E-state index in [2.05, 4.69) is 9.82 Å². The predicted molar refractivity (Wildman–Crippen MR) is 139 cm³/mol. The van der Waals surface area contributed by atoms with Gasteiger partial charge in [-0.25, -0.2) is 13.1 Å². The van der Waals surface area contributed by atoms with Crippen molar-refractivity contribution in [2.24, 2.45) is 10.9 Å². The van der Waals surface area contributed by atoms with Crippen LogP contribution >= 0.6 is 11.9 Å². The summed E-state index contributed by atoms with van der Waals surface area (Å²) in [6, 6.07) is 19.0. The summed E-state index contributed by atoms with van der Waals surface area (Å²) < 4.78 is 35.5. The number of hydrogen-bond donors (Lipinski definition) is 3. The van der Waals surface area contributed by atoms with Crippen LogP contribution in [0.4, 0.5) is 5.69 Å². The number of aromatic nitrogens is 2. The van der Waals surface area contributed by atoms with Crippen LogP contribution in [0.5, 0.6) is 5.75 Å². The predicted octanol–water partition coefficient (Wildman–Crippen LogP) is 3.51. The van der Waals surface area contributed by atoms with Crippen LogP contribution in [-0.2, 0) is 22.9 Å². The Morgan fingerprint density at radius 2 is 1.78 bits per heavy atom. The first kappa shape index (κ1) is 23.9. The molecule has 0 atom stereocenters. The number of nitrogens with one attached hydrogen (secondary N) is 1. The fraction of sp³-hybridized carbons (Fsp3) is 0.120. The van der Waals surface area contributed by atoms with E-state index in [1.54, 1.807) is 28.9 Å². The Bertz CT molecular complexity index is 1560. The van der Waals surface area contributed by atoms with Crippen LogP contribution in [0.3, 0.4) is 0 Å². The van der Waals surface area contributed by atoms with Crippen LogP contribution < -0.4 is 20.3 Å². The van der Waals surface area contributed by atoms with E-state index in [4.69, 9.17) is 15.6 Å².